The van der Waals surface area contributed by atoms with Gasteiger partial charge in [-0.15, -0.1) is 0 Å². The summed E-state index contributed by atoms with van der Waals surface area (Å²) in [5.74, 6) is 0.309. The molecular formula is C16H26FN3O. The summed E-state index contributed by atoms with van der Waals surface area (Å²) in [6.45, 7) is 5.64. The molecule has 1 aromatic rings. The predicted molar refractivity (Wildman–Crippen MR) is 85.0 cm³/mol. The van der Waals surface area contributed by atoms with Gasteiger partial charge in [-0.3, -0.25) is 0 Å². The van der Waals surface area contributed by atoms with Gasteiger partial charge >= 0.3 is 0 Å². The molecule has 0 aromatic heterocycles. The van der Waals surface area contributed by atoms with E-state index in [0.717, 1.165) is 18.5 Å². The minimum atomic E-state index is -0.365. The zero-order valence-corrected chi connectivity index (χ0v) is 13.0. The van der Waals surface area contributed by atoms with Crippen LogP contribution in [0.25, 0.3) is 0 Å². The van der Waals surface area contributed by atoms with Crippen molar-refractivity contribution in [3.05, 3.63) is 29.6 Å². The number of hydrogen-bond acceptors (Lipinski definition) is 2. The second-order valence-electron chi connectivity index (χ2n) is 4.89. The monoisotopic (exact) mass is 295 g/mol. The van der Waals surface area contributed by atoms with Crippen LogP contribution in [-0.4, -0.2) is 19.1 Å². The molecule has 0 spiro atoms. The summed E-state index contributed by atoms with van der Waals surface area (Å²) in [5, 5.41) is 3.07. The molecule has 0 aliphatic carbocycles. The SMILES string of the molecule is CCCCCCNC(N)=NCc1ccc(OCC)c(F)c1. The quantitative estimate of drug-likeness (QED) is 0.418. The van der Waals surface area contributed by atoms with E-state index in [9.17, 15) is 4.39 Å². The molecule has 3 N–H and O–H groups in total. The number of aliphatic imine (C=N–C) groups is 1. The number of benzene rings is 1. The van der Waals surface area contributed by atoms with Gasteiger partial charge in [0.15, 0.2) is 17.5 Å². The molecule has 0 saturated heterocycles. The number of nitrogens with two attached hydrogens (primary N) is 1. The highest BCUT2D eigenvalue weighted by molar-refractivity contribution is 5.77. The highest BCUT2D eigenvalue weighted by atomic mass is 19.1. The van der Waals surface area contributed by atoms with Crippen LogP contribution >= 0.6 is 0 Å². The standard InChI is InChI=1S/C16H26FN3O/c1-3-5-6-7-10-19-16(18)20-12-13-8-9-15(21-4-2)14(17)11-13/h8-9,11H,3-7,10,12H2,1-2H3,(H3,18,19,20). The van der Waals surface area contributed by atoms with E-state index in [1.807, 2.05) is 6.92 Å². The number of rotatable bonds is 9. The normalized spacial score (nSPS) is 11.5. The number of nitrogens with zero attached hydrogens (tertiary/aromatic N) is 1. The van der Waals surface area contributed by atoms with Crippen molar-refractivity contribution in [1.29, 1.82) is 0 Å². The highest BCUT2D eigenvalue weighted by Gasteiger charge is 2.03. The van der Waals surface area contributed by atoms with Crippen LogP contribution in [0.2, 0.25) is 0 Å². The summed E-state index contributed by atoms with van der Waals surface area (Å²) in [5.41, 5.74) is 6.54. The van der Waals surface area contributed by atoms with E-state index in [4.69, 9.17) is 10.5 Å². The molecule has 0 aliphatic rings. The molecule has 0 radical (unpaired) electrons. The van der Waals surface area contributed by atoms with Crippen molar-refractivity contribution in [1.82, 2.24) is 5.32 Å². The minimum Gasteiger partial charge on any atom is -0.491 e. The molecule has 0 bridgehead atoms. The number of nitrogens with one attached hydrogen (secondary N) is 1. The Balaban J connectivity index is 2.38. The van der Waals surface area contributed by atoms with Crippen molar-refractivity contribution in [3.8, 4) is 5.75 Å². The van der Waals surface area contributed by atoms with E-state index in [1.165, 1.54) is 25.3 Å². The molecule has 0 aliphatic heterocycles. The first-order valence-electron chi connectivity index (χ1n) is 7.62. The Labute approximate surface area is 126 Å². The van der Waals surface area contributed by atoms with Gasteiger partial charge in [-0.1, -0.05) is 32.3 Å². The number of ether oxygens (including phenoxy) is 1. The third-order valence-electron chi connectivity index (χ3n) is 3.06. The Bertz CT molecular complexity index is 449. The van der Waals surface area contributed by atoms with Gasteiger partial charge < -0.3 is 15.8 Å². The van der Waals surface area contributed by atoms with Crippen molar-refractivity contribution in [2.24, 2.45) is 10.7 Å². The topological polar surface area (TPSA) is 59.6 Å². The Morgan fingerprint density at radius 3 is 2.76 bits per heavy atom. The number of halogens is 1. The lowest BCUT2D eigenvalue weighted by molar-refractivity contribution is 0.321. The van der Waals surface area contributed by atoms with Gasteiger partial charge in [-0.2, -0.15) is 0 Å². The lowest BCUT2D eigenvalue weighted by Crippen LogP contribution is -2.32. The Kier molecular flexibility index (Phi) is 8.24. The molecule has 0 saturated carbocycles. The molecule has 21 heavy (non-hydrogen) atoms. The van der Waals surface area contributed by atoms with Crippen LogP contribution in [0.5, 0.6) is 5.75 Å². The maximum atomic E-state index is 13.7. The number of guanidine groups is 1. The molecule has 0 heterocycles. The smallest absolute Gasteiger partial charge is 0.188 e. The Morgan fingerprint density at radius 2 is 2.10 bits per heavy atom. The zero-order valence-electron chi connectivity index (χ0n) is 13.0. The van der Waals surface area contributed by atoms with E-state index >= 15 is 0 Å². The van der Waals surface area contributed by atoms with E-state index in [0.29, 0.717) is 19.1 Å². The van der Waals surface area contributed by atoms with Crippen molar-refractivity contribution >= 4 is 5.96 Å². The fraction of sp³-hybridized carbons (Fsp3) is 0.562. The van der Waals surface area contributed by atoms with Crippen LogP contribution in [0.3, 0.4) is 0 Å². The number of unbranched alkanes of at least 4 members (excludes halogenated alkanes) is 3. The summed E-state index contributed by atoms with van der Waals surface area (Å²) < 4.78 is 18.8. The van der Waals surface area contributed by atoms with E-state index in [2.05, 4.69) is 17.2 Å². The van der Waals surface area contributed by atoms with E-state index < -0.39 is 0 Å². The van der Waals surface area contributed by atoms with Crippen molar-refractivity contribution in [3.63, 3.8) is 0 Å². The third-order valence-corrected chi connectivity index (χ3v) is 3.06. The Morgan fingerprint density at radius 1 is 1.29 bits per heavy atom. The highest BCUT2D eigenvalue weighted by Crippen LogP contribution is 2.18. The maximum Gasteiger partial charge on any atom is 0.188 e. The van der Waals surface area contributed by atoms with Gasteiger partial charge in [0, 0.05) is 6.54 Å². The second-order valence-corrected chi connectivity index (χ2v) is 4.89. The fourth-order valence-electron chi connectivity index (χ4n) is 1.92. The molecule has 0 fully saturated rings. The van der Waals surface area contributed by atoms with Gasteiger partial charge in [0.2, 0.25) is 0 Å². The van der Waals surface area contributed by atoms with Crippen LogP contribution in [0.1, 0.15) is 45.1 Å². The predicted octanol–water partition coefficient (Wildman–Crippen LogP) is 3.21. The maximum absolute atomic E-state index is 13.7. The van der Waals surface area contributed by atoms with Crippen LogP contribution in [0.4, 0.5) is 4.39 Å². The average Bonchev–Trinajstić information content (AvgIpc) is 2.47. The molecular weight excluding hydrogens is 269 g/mol. The fourth-order valence-corrected chi connectivity index (χ4v) is 1.92. The van der Waals surface area contributed by atoms with Gasteiger partial charge in [0.05, 0.1) is 13.2 Å². The van der Waals surface area contributed by atoms with E-state index in [-0.39, 0.29) is 11.6 Å². The second kappa shape index (κ2) is 10.0. The summed E-state index contributed by atoms with van der Waals surface area (Å²) in [7, 11) is 0. The van der Waals surface area contributed by atoms with Crippen LogP contribution in [0.15, 0.2) is 23.2 Å². The van der Waals surface area contributed by atoms with Gasteiger partial charge in [0.1, 0.15) is 0 Å². The van der Waals surface area contributed by atoms with Crippen molar-refractivity contribution < 1.29 is 9.13 Å². The lowest BCUT2D eigenvalue weighted by atomic mass is 10.2. The molecule has 0 unspecified atom stereocenters. The molecule has 0 amide bonds. The molecule has 4 nitrogen and oxygen atoms in total. The van der Waals surface area contributed by atoms with Crippen molar-refractivity contribution in [2.45, 2.75) is 46.1 Å². The lowest BCUT2D eigenvalue weighted by Gasteiger charge is -2.07. The molecule has 5 heteroatoms. The summed E-state index contributed by atoms with van der Waals surface area (Å²) >= 11 is 0. The van der Waals surface area contributed by atoms with Gasteiger partial charge in [-0.05, 0) is 31.0 Å². The summed E-state index contributed by atoms with van der Waals surface area (Å²) in [6.07, 6.45) is 4.74. The first-order valence-corrected chi connectivity index (χ1v) is 7.62. The zero-order chi connectivity index (χ0) is 15.5. The Hall–Kier alpha value is -1.78. The number of hydrogen-bond donors (Lipinski definition) is 2. The third kappa shape index (κ3) is 6.97. The van der Waals surface area contributed by atoms with Gasteiger partial charge in [0.25, 0.3) is 0 Å². The van der Waals surface area contributed by atoms with Crippen molar-refractivity contribution in [2.75, 3.05) is 13.2 Å². The molecule has 1 rings (SSSR count). The van der Waals surface area contributed by atoms with Crippen LogP contribution in [0, 0.1) is 5.82 Å². The van der Waals surface area contributed by atoms with Crippen LogP contribution in [-0.2, 0) is 6.54 Å². The minimum absolute atomic E-state index is 0.271. The largest absolute Gasteiger partial charge is 0.491 e. The van der Waals surface area contributed by atoms with E-state index in [1.54, 1.807) is 12.1 Å². The molecule has 0 atom stereocenters. The average molecular weight is 295 g/mol. The molecule has 118 valence electrons. The van der Waals surface area contributed by atoms with Crippen LogP contribution < -0.4 is 15.8 Å². The summed E-state index contributed by atoms with van der Waals surface area (Å²) in [6, 6.07) is 4.85. The molecule has 1 aromatic carbocycles. The first-order chi connectivity index (χ1) is 10.2. The summed E-state index contributed by atoms with van der Waals surface area (Å²) in [4.78, 5) is 4.20. The van der Waals surface area contributed by atoms with Gasteiger partial charge in [-0.25, -0.2) is 9.38 Å². The first kappa shape index (κ1) is 17.3.